The number of amides is 1. The third kappa shape index (κ3) is 7.39. The number of alkyl halides is 3. The molecule has 2 N–H and O–H groups in total. The van der Waals surface area contributed by atoms with Crippen molar-refractivity contribution < 1.29 is 18.0 Å². The molecule has 0 bridgehead atoms. The van der Waals surface area contributed by atoms with Gasteiger partial charge in [-0.05, 0) is 25.9 Å². The number of likely N-dealkylation sites (tertiary alicyclic amines) is 1. The zero-order valence-electron chi connectivity index (χ0n) is 14.0. The minimum Gasteiger partial charge on any atom is -0.354 e. The average molecular weight is 406 g/mol. The Morgan fingerprint density at radius 1 is 1.44 bits per heavy atom. The van der Waals surface area contributed by atoms with E-state index in [1.807, 2.05) is 0 Å². The first kappa shape index (κ1) is 24.0. The molecule has 0 spiro atoms. The summed E-state index contributed by atoms with van der Waals surface area (Å²) in [5.74, 6) is -0.150. The second-order valence-corrected chi connectivity index (χ2v) is 5.92. The lowest BCUT2D eigenvalue weighted by Crippen LogP contribution is -2.39. The number of hydrogen-bond acceptors (Lipinski definition) is 4. The molecule has 1 saturated heterocycles. The van der Waals surface area contributed by atoms with Crippen LogP contribution in [-0.2, 0) is 11.8 Å². The van der Waals surface area contributed by atoms with Gasteiger partial charge in [-0.15, -0.1) is 24.8 Å². The minimum absolute atomic E-state index is 0. The van der Waals surface area contributed by atoms with Gasteiger partial charge in [-0.2, -0.15) is 18.3 Å². The quantitative estimate of drug-likeness (QED) is 0.753. The SMILES string of the molecule is CNC(C(=O)NCC1CCN(CC(F)(F)F)C1)c1cnn(C)c1.Cl.Cl. The van der Waals surface area contributed by atoms with Gasteiger partial charge in [0.15, 0.2) is 0 Å². The Kier molecular flexibility index (Phi) is 9.78. The number of nitrogens with one attached hydrogen (secondary N) is 2. The van der Waals surface area contributed by atoms with Crippen LogP contribution in [0.4, 0.5) is 13.2 Å². The molecule has 2 unspecified atom stereocenters. The Balaban J connectivity index is 0.00000288. The molecule has 2 rings (SSSR count). The Hall–Kier alpha value is -1.03. The van der Waals surface area contributed by atoms with Gasteiger partial charge in [-0.3, -0.25) is 14.4 Å². The maximum atomic E-state index is 12.4. The molecule has 1 fully saturated rings. The summed E-state index contributed by atoms with van der Waals surface area (Å²) < 4.78 is 38.7. The van der Waals surface area contributed by atoms with Crippen LogP contribution >= 0.6 is 24.8 Å². The first-order valence-corrected chi connectivity index (χ1v) is 7.51. The van der Waals surface area contributed by atoms with Crippen LogP contribution in [-0.4, -0.2) is 60.0 Å². The highest BCUT2D eigenvalue weighted by atomic mass is 35.5. The van der Waals surface area contributed by atoms with E-state index in [-0.39, 0.29) is 36.6 Å². The summed E-state index contributed by atoms with van der Waals surface area (Å²) >= 11 is 0. The fraction of sp³-hybridized carbons (Fsp3) is 0.714. The van der Waals surface area contributed by atoms with Crippen LogP contribution in [0.2, 0.25) is 0 Å². The molecule has 0 aromatic carbocycles. The molecule has 1 amide bonds. The summed E-state index contributed by atoms with van der Waals surface area (Å²) in [6.07, 6.45) is -0.147. The van der Waals surface area contributed by atoms with Crippen molar-refractivity contribution in [2.75, 3.05) is 33.2 Å². The van der Waals surface area contributed by atoms with Crippen LogP contribution in [0.3, 0.4) is 0 Å². The Morgan fingerprint density at radius 3 is 2.64 bits per heavy atom. The van der Waals surface area contributed by atoms with Crippen molar-refractivity contribution in [2.45, 2.75) is 18.6 Å². The average Bonchev–Trinajstić information content (AvgIpc) is 3.05. The van der Waals surface area contributed by atoms with E-state index in [1.165, 1.54) is 4.90 Å². The zero-order valence-corrected chi connectivity index (χ0v) is 15.7. The van der Waals surface area contributed by atoms with Crippen LogP contribution in [0, 0.1) is 5.92 Å². The lowest BCUT2D eigenvalue weighted by Gasteiger charge is -2.19. The molecule has 0 saturated carbocycles. The molecule has 1 aromatic rings. The smallest absolute Gasteiger partial charge is 0.354 e. The van der Waals surface area contributed by atoms with E-state index >= 15 is 0 Å². The fourth-order valence-electron chi connectivity index (χ4n) is 2.86. The van der Waals surface area contributed by atoms with E-state index < -0.39 is 18.8 Å². The molecule has 2 heterocycles. The van der Waals surface area contributed by atoms with E-state index in [2.05, 4.69) is 15.7 Å². The maximum Gasteiger partial charge on any atom is 0.401 e. The molecule has 1 aliphatic rings. The normalized spacial score (nSPS) is 19.0. The van der Waals surface area contributed by atoms with Gasteiger partial charge >= 0.3 is 6.18 Å². The van der Waals surface area contributed by atoms with Gasteiger partial charge in [0.1, 0.15) is 6.04 Å². The van der Waals surface area contributed by atoms with Crippen molar-refractivity contribution in [1.29, 1.82) is 0 Å². The summed E-state index contributed by atoms with van der Waals surface area (Å²) in [7, 11) is 3.44. The van der Waals surface area contributed by atoms with E-state index in [4.69, 9.17) is 0 Å². The van der Waals surface area contributed by atoms with E-state index in [1.54, 1.807) is 31.2 Å². The Labute approximate surface area is 157 Å². The van der Waals surface area contributed by atoms with Gasteiger partial charge in [0.05, 0.1) is 12.7 Å². The predicted octanol–water partition coefficient (Wildman–Crippen LogP) is 1.52. The van der Waals surface area contributed by atoms with Gasteiger partial charge in [0, 0.05) is 31.9 Å². The lowest BCUT2D eigenvalue weighted by molar-refractivity contribution is -0.143. The number of carbonyl (C=O) groups excluding carboxylic acids is 1. The topological polar surface area (TPSA) is 62.2 Å². The predicted molar refractivity (Wildman–Crippen MR) is 93.1 cm³/mol. The molecule has 1 aliphatic heterocycles. The Bertz CT molecular complexity index is 541. The standard InChI is InChI=1S/C14H22F3N5O.2ClH/c1-18-12(11-6-20-21(2)8-11)13(23)19-5-10-3-4-22(7-10)9-14(15,16)17;;/h6,8,10,12,18H,3-5,7,9H2,1-2H3,(H,19,23);2*1H. The molecule has 0 aliphatic carbocycles. The van der Waals surface area contributed by atoms with Gasteiger partial charge in [-0.1, -0.05) is 0 Å². The van der Waals surface area contributed by atoms with Gasteiger partial charge in [0.25, 0.3) is 0 Å². The van der Waals surface area contributed by atoms with Gasteiger partial charge in [-0.25, -0.2) is 0 Å². The van der Waals surface area contributed by atoms with Crippen LogP contribution in [0.1, 0.15) is 18.0 Å². The third-order valence-electron chi connectivity index (χ3n) is 3.95. The number of carbonyl (C=O) groups is 1. The van der Waals surface area contributed by atoms with Crippen molar-refractivity contribution in [3.8, 4) is 0 Å². The zero-order chi connectivity index (χ0) is 17.0. The van der Waals surface area contributed by atoms with Crippen molar-refractivity contribution in [3.63, 3.8) is 0 Å². The van der Waals surface area contributed by atoms with Crippen LogP contribution in [0.5, 0.6) is 0 Å². The molecule has 11 heteroatoms. The van der Waals surface area contributed by atoms with Crippen molar-refractivity contribution >= 4 is 30.7 Å². The second-order valence-electron chi connectivity index (χ2n) is 5.92. The van der Waals surface area contributed by atoms with Gasteiger partial charge < -0.3 is 10.6 Å². The number of aryl methyl sites for hydroxylation is 1. The first-order valence-electron chi connectivity index (χ1n) is 7.51. The fourth-order valence-corrected chi connectivity index (χ4v) is 2.86. The second kappa shape index (κ2) is 10.2. The molecule has 146 valence electrons. The molecular weight excluding hydrogens is 382 g/mol. The summed E-state index contributed by atoms with van der Waals surface area (Å²) in [5.41, 5.74) is 0.748. The molecule has 1 aromatic heterocycles. The highest BCUT2D eigenvalue weighted by Gasteiger charge is 2.34. The van der Waals surface area contributed by atoms with Crippen molar-refractivity contribution in [1.82, 2.24) is 25.3 Å². The molecule has 25 heavy (non-hydrogen) atoms. The number of hydrogen-bond donors (Lipinski definition) is 2. The Morgan fingerprint density at radius 2 is 2.12 bits per heavy atom. The summed E-state index contributed by atoms with van der Waals surface area (Å²) in [6.45, 7) is 0.271. The molecular formula is C14H24Cl2F3N5O. The van der Waals surface area contributed by atoms with Gasteiger partial charge in [0.2, 0.25) is 5.91 Å². The van der Waals surface area contributed by atoms with Crippen molar-refractivity contribution in [3.05, 3.63) is 18.0 Å². The largest absolute Gasteiger partial charge is 0.401 e. The van der Waals surface area contributed by atoms with E-state index in [0.29, 0.717) is 26.1 Å². The highest BCUT2D eigenvalue weighted by molar-refractivity contribution is 5.85. The molecule has 2 atom stereocenters. The maximum absolute atomic E-state index is 12.4. The number of nitrogens with zero attached hydrogens (tertiary/aromatic N) is 3. The third-order valence-corrected chi connectivity index (χ3v) is 3.95. The number of rotatable bonds is 6. The van der Waals surface area contributed by atoms with E-state index in [0.717, 1.165) is 5.56 Å². The summed E-state index contributed by atoms with van der Waals surface area (Å²) in [4.78, 5) is 13.6. The highest BCUT2D eigenvalue weighted by Crippen LogP contribution is 2.22. The van der Waals surface area contributed by atoms with E-state index in [9.17, 15) is 18.0 Å². The summed E-state index contributed by atoms with van der Waals surface area (Å²) in [5, 5.41) is 9.78. The van der Waals surface area contributed by atoms with Crippen LogP contribution < -0.4 is 10.6 Å². The van der Waals surface area contributed by atoms with Crippen molar-refractivity contribution in [2.24, 2.45) is 13.0 Å². The monoisotopic (exact) mass is 405 g/mol. The number of halogens is 5. The van der Waals surface area contributed by atoms with Crippen LogP contribution in [0.25, 0.3) is 0 Å². The first-order chi connectivity index (χ1) is 10.8. The lowest BCUT2D eigenvalue weighted by atomic mass is 10.1. The number of likely N-dealkylation sites (N-methyl/N-ethyl adjacent to an activating group) is 1. The van der Waals surface area contributed by atoms with Crippen LogP contribution in [0.15, 0.2) is 12.4 Å². The molecule has 6 nitrogen and oxygen atoms in total. The number of aromatic nitrogens is 2. The summed E-state index contributed by atoms with van der Waals surface area (Å²) in [6, 6.07) is -0.517. The minimum atomic E-state index is -4.17. The molecule has 0 radical (unpaired) electrons.